The molecule has 0 spiro atoms. The molecule has 1 saturated carbocycles. The number of aryl methyl sites for hydroxylation is 1. The van der Waals surface area contributed by atoms with E-state index in [2.05, 4.69) is 15.1 Å². The highest BCUT2D eigenvalue weighted by Gasteiger charge is 2.35. The molecular formula is C19H19N7OS2. The average Bonchev–Trinajstić information content (AvgIpc) is 3.23. The van der Waals surface area contributed by atoms with Crippen molar-refractivity contribution in [2.45, 2.75) is 28.7 Å². The van der Waals surface area contributed by atoms with Crippen LogP contribution in [0.1, 0.15) is 19.3 Å². The zero-order valence-corrected chi connectivity index (χ0v) is 17.3. The molecule has 1 atom stereocenters. The third-order valence-electron chi connectivity index (χ3n) is 5.27. The second-order valence-corrected chi connectivity index (χ2v) is 9.99. The van der Waals surface area contributed by atoms with Crippen molar-refractivity contribution in [3.63, 3.8) is 0 Å². The van der Waals surface area contributed by atoms with Gasteiger partial charge in [0.15, 0.2) is 0 Å². The summed E-state index contributed by atoms with van der Waals surface area (Å²) in [7, 11) is 1.88. The van der Waals surface area contributed by atoms with Crippen molar-refractivity contribution in [1.82, 2.24) is 24.7 Å². The summed E-state index contributed by atoms with van der Waals surface area (Å²) in [6.45, 7) is 0. The van der Waals surface area contributed by atoms with Gasteiger partial charge in [-0.05, 0) is 31.4 Å². The Balaban J connectivity index is 1.75. The van der Waals surface area contributed by atoms with Crippen LogP contribution in [0.4, 0.5) is 11.6 Å². The lowest BCUT2D eigenvalue weighted by molar-refractivity contribution is 0.478. The maximum atomic E-state index is 13.0. The number of nitrogens with zero attached hydrogens (tertiary/aromatic N) is 5. The third-order valence-corrected chi connectivity index (χ3v) is 8.57. The van der Waals surface area contributed by atoms with Gasteiger partial charge in [0.1, 0.15) is 15.8 Å². The van der Waals surface area contributed by atoms with Crippen LogP contribution < -0.4 is 11.5 Å². The number of fused-ring (bicyclic) bond motifs is 1. The fourth-order valence-corrected chi connectivity index (χ4v) is 6.65. The first-order valence-electron chi connectivity index (χ1n) is 9.23. The van der Waals surface area contributed by atoms with Gasteiger partial charge in [0, 0.05) is 53.3 Å². The largest absolute Gasteiger partial charge is 0.611 e. The van der Waals surface area contributed by atoms with Gasteiger partial charge in [0.2, 0.25) is 10.2 Å². The number of rotatable bonds is 4. The highest BCUT2D eigenvalue weighted by Crippen LogP contribution is 2.45. The van der Waals surface area contributed by atoms with Crippen LogP contribution in [0.2, 0.25) is 0 Å². The molecule has 0 amide bonds. The molecule has 1 aliphatic rings. The van der Waals surface area contributed by atoms with Crippen molar-refractivity contribution in [2.75, 3.05) is 11.5 Å². The van der Waals surface area contributed by atoms with Gasteiger partial charge in [-0.1, -0.05) is 11.3 Å². The molecule has 4 aromatic heterocycles. The SMILES string of the molecule is Cn1nccc1-c1cc(-c2cnc(N)nc2)nc2sc([S@@+]([O-])C3CCC3)c(N)c12. The summed E-state index contributed by atoms with van der Waals surface area (Å²) in [4.78, 5) is 13.7. The fraction of sp³-hybridized carbons (Fsp3) is 0.263. The van der Waals surface area contributed by atoms with Gasteiger partial charge in [0.25, 0.3) is 0 Å². The molecular weight excluding hydrogens is 406 g/mol. The molecule has 5 rings (SSSR count). The Morgan fingerprint density at radius 1 is 1.24 bits per heavy atom. The quantitative estimate of drug-likeness (QED) is 0.480. The molecule has 4 aromatic rings. The summed E-state index contributed by atoms with van der Waals surface area (Å²) >= 11 is 0.297. The maximum absolute atomic E-state index is 13.0. The molecule has 8 nitrogen and oxygen atoms in total. The first-order chi connectivity index (χ1) is 14.0. The van der Waals surface area contributed by atoms with Crippen LogP contribution in [0.3, 0.4) is 0 Å². The van der Waals surface area contributed by atoms with Gasteiger partial charge >= 0.3 is 0 Å². The topological polar surface area (TPSA) is 132 Å². The summed E-state index contributed by atoms with van der Waals surface area (Å²) in [5, 5.41) is 5.30. The summed E-state index contributed by atoms with van der Waals surface area (Å²) in [5.41, 5.74) is 16.0. The van der Waals surface area contributed by atoms with Gasteiger partial charge in [0.05, 0.1) is 11.4 Å². The predicted molar refractivity (Wildman–Crippen MR) is 116 cm³/mol. The number of nitrogen functional groups attached to an aromatic ring is 2. The van der Waals surface area contributed by atoms with Crippen LogP contribution in [0.15, 0.2) is 34.9 Å². The highest BCUT2D eigenvalue weighted by molar-refractivity contribution is 7.94. The van der Waals surface area contributed by atoms with Crippen molar-refractivity contribution in [3.8, 4) is 22.5 Å². The van der Waals surface area contributed by atoms with Crippen molar-refractivity contribution in [3.05, 3.63) is 30.7 Å². The van der Waals surface area contributed by atoms with Crippen molar-refractivity contribution in [1.29, 1.82) is 0 Å². The van der Waals surface area contributed by atoms with Crippen molar-refractivity contribution >= 4 is 44.4 Å². The van der Waals surface area contributed by atoms with Crippen LogP contribution in [0.5, 0.6) is 0 Å². The molecule has 0 unspecified atom stereocenters. The lowest BCUT2D eigenvalue weighted by Crippen LogP contribution is -2.28. The lowest BCUT2D eigenvalue weighted by Gasteiger charge is -2.27. The minimum Gasteiger partial charge on any atom is -0.611 e. The molecule has 4 heterocycles. The number of anilines is 2. The van der Waals surface area contributed by atoms with E-state index < -0.39 is 11.2 Å². The van der Waals surface area contributed by atoms with E-state index in [9.17, 15) is 4.55 Å². The number of hydrogen-bond donors (Lipinski definition) is 2. The van der Waals surface area contributed by atoms with E-state index in [1.807, 2.05) is 19.2 Å². The fourth-order valence-electron chi connectivity index (χ4n) is 3.44. The Labute approximate surface area is 174 Å². The molecule has 29 heavy (non-hydrogen) atoms. The van der Waals surface area contributed by atoms with Crippen LogP contribution in [-0.4, -0.2) is 34.5 Å². The molecule has 10 heteroatoms. The van der Waals surface area contributed by atoms with E-state index in [1.165, 1.54) is 11.3 Å². The molecule has 0 aromatic carbocycles. The van der Waals surface area contributed by atoms with Crippen LogP contribution in [0.25, 0.3) is 32.7 Å². The number of aromatic nitrogens is 5. The minimum absolute atomic E-state index is 0.190. The van der Waals surface area contributed by atoms with Crippen molar-refractivity contribution < 1.29 is 4.55 Å². The summed E-state index contributed by atoms with van der Waals surface area (Å²) in [6, 6.07) is 3.88. The van der Waals surface area contributed by atoms with Crippen LogP contribution in [0, 0.1) is 0 Å². The van der Waals surface area contributed by atoms with Crippen LogP contribution >= 0.6 is 11.3 Å². The first-order valence-corrected chi connectivity index (χ1v) is 11.3. The van der Waals surface area contributed by atoms with E-state index in [4.69, 9.17) is 16.5 Å². The van der Waals surface area contributed by atoms with E-state index in [-0.39, 0.29) is 11.2 Å². The first kappa shape index (κ1) is 18.3. The van der Waals surface area contributed by atoms with Gasteiger partial charge < -0.3 is 16.0 Å². The number of nitrogens with two attached hydrogens (primary N) is 2. The zero-order chi connectivity index (χ0) is 20.1. The monoisotopic (exact) mass is 425 g/mol. The number of thiophene rings is 1. The van der Waals surface area contributed by atoms with Gasteiger partial charge in [-0.2, -0.15) is 5.10 Å². The zero-order valence-electron chi connectivity index (χ0n) is 15.7. The predicted octanol–water partition coefficient (Wildman–Crippen LogP) is 2.98. The Morgan fingerprint density at radius 3 is 2.62 bits per heavy atom. The molecule has 0 radical (unpaired) electrons. The van der Waals surface area contributed by atoms with E-state index in [0.29, 0.717) is 15.6 Å². The lowest BCUT2D eigenvalue weighted by atomic mass is 10.0. The highest BCUT2D eigenvalue weighted by atomic mass is 32.2. The van der Waals surface area contributed by atoms with Gasteiger partial charge in [-0.25, -0.2) is 15.0 Å². The molecule has 1 fully saturated rings. The summed E-state index contributed by atoms with van der Waals surface area (Å²) in [6.07, 6.45) is 8.12. The van der Waals surface area contributed by atoms with E-state index in [0.717, 1.165) is 46.3 Å². The average molecular weight is 426 g/mol. The molecule has 148 valence electrons. The Bertz CT molecular complexity index is 1200. The Kier molecular flexibility index (Phi) is 4.41. The Morgan fingerprint density at radius 2 is 2.00 bits per heavy atom. The standard InChI is InChI=1S/C19H19N7OS2/c1-26-14(5-6-24-26)12-7-13(10-8-22-19(21)23-9-10)25-17-15(12)16(20)18(28-17)29(27)11-3-2-4-11/h5-9,11H,2-4,20H2,1H3,(H2,21,22,23)/t29-/m0/s1. The number of pyridine rings is 1. The van der Waals surface area contributed by atoms with Gasteiger partial charge in [-0.3, -0.25) is 4.68 Å². The molecule has 4 N–H and O–H groups in total. The summed E-state index contributed by atoms with van der Waals surface area (Å²) in [5.74, 6) is 0.209. The van der Waals surface area contributed by atoms with Crippen molar-refractivity contribution in [2.24, 2.45) is 7.05 Å². The van der Waals surface area contributed by atoms with E-state index >= 15 is 0 Å². The third kappa shape index (κ3) is 3.04. The van der Waals surface area contributed by atoms with Gasteiger partial charge in [-0.15, -0.1) is 0 Å². The number of hydrogen-bond acceptors (Lipinski definition) is 8. The Hall–Kier alpha value is -2.69. The molecule has 0 aliphatic heterocycles. The van der Waals surface area contributed by atoms with Crippen LogP contribution in [-0.2, 0) is 18.2 Å². The normalized spacial score (nSPS) is 15.5. The van der Waals surface area contributed by atoms with E-state index in [1.54, 1.807) is 23.3 Å². The molecule has 0 saturated heterocycles. The molecule has 1 aliphatic carbocycles. The molecule has 0 bridgehead atoms. The second kappa shape index (κ2) is 6.97. The minimum atomic E-state index is -1.11. The summed E-state index contributed by atoms with van der Waals surface area (Å²) < 4.78 is 15.5. The smallest absolute Gasteiger partial charge is 0.232 e. The second-order valence-electron chi connectivity index (χ2n) is 7.06. The maximum Gasteiger partial charge on any atom is 0.232 e.